The molecule has 5 nitrogen and oxygen atoms in total. The van der Waals surface area contributed by atoms with Crippen molar-refractivity contribution >= 4 is 11.8 Å². The molecule has 2 aromatic carbocycles. The highest BCUT2D eigenvalue weighted by atomic mass is 19.1. The zero-order valence-corrected chi connectivity index (χ0v) is 17.1. The van der Waals surface area contributed by atoms with Crippen LogP contribution in [-0.4, -0.2) is 42.5 Å². The topological polar surface area (TPSA) is 58.6 Å². The molecule has 0 aliphatic carbocycles. The van der Waals surface area contributed by atoms with Gasteiger partial charge in [-0.15, -0.1) is 0 Å². The van der Waals surface area contributed by atoms with Gasteiger partial charge in [0.2, 0.25) is 5.91 Å². The summed E-state index contributed by atoms with van der Waals surface area (Å²) in [6.45, 7) is 4.36. The van der Waals surface area contributed by atoms with Gasteiger partial charge in [0, 0.05) is 13.1 Å². The highest BCUT2D eigenvalue weighted by Gasteiger charge is 2.26. The van der Waals surface area contributed by atoms with Crippen LogP contribution in [0.4, 0.5) is 4.39 Å². The van der Waals surface area contributed by atoms with Gasteiger partial charge in [-0.25, -0.2) is 4.39 Å². The second-order valence-electron chi connectivity index (χ2n) is 6.86. The lowest BCUT2D eigenvalue weighted by Gasteiger charge is -2.28. The molecule has 0 saturated carbocycles. The fraction of sp³-hybridized carbons (Fsp3) is 0.391. The largest absolute Gasteiger partial charge is 0.481 e. The Labute approximate surface area is 171 Å². The van der Waals surface area contributed by atoms with Crippen LogP contribution in [0.5, 0.6) is 5.75 Å². The molecule has 1 unspecified atom stereocenters. The van der Waals surface area contributed by atoms with E-state index in [2.05, 4.69) is 5.32 Å². The van der Waals surface area contributed by atoms with Crippen LogP contribution in [0.15, 0.2) is 54.6 Å². The SMILES string of the molecule is CCCCNC(=O)C(C)N(CCc1ccccc1)C(=O)COc1ccccc1F. The molecule has 6 heteroatoms. The Morgan fingerprint density at radius 1 is 1.10 bits per heavy atom. The molecule has 0 aliphatic heterocycles. The number of benzene rings is 2. The number of ether oxygens (including phenoxy) is 1. The molecule has 2 rings (SSSR count). The van der Waals surface area contributed by atoms with Gasteiger partial charge < -0.3 is 15.0 Å². The van der Waals surface area contributed by atoms with Crippen molar-refractivity contribution in [2.24, 2.45) is 0 Å². The van der Waals surface area contributed by atoms with E-state index in [4.69, 9.17) is 4.74 Å². The summed E-state index contributed by atoms with van der Waals surface area (Å²) in [5.74, 6) is -1.07. The van der Waals surface area contributed by atoms with Gasteiger partial charge in [0.1, 0.15) is 6.04 Å². The van der Waals surface area contributed by atoms with Crippen molar-refractivity contribution in [3.8, 4) is 5.75 Å². The first-order chi connectivity index (χ1) is 14.0. The maximum absolute atomic E-state index is 13.8. The number of nitrogens with zero attached hydrogens (tertiary/aromatic N) is 1. The van der Waals surface area contributed by atoms with Crippen molar-refractivity contribution < 1.29 is 18.7 Å². The van der Waals surface area contributed by atoms with Crippen molar-refractivity contribution in [3.05, 3.63) is 66.0 Å². The third-order valence-corrected chi connectivity index (χ3v) is 4.67. The highest BCUT2D eigenvalue weighted by molar-refractivity contribution is 5.87. The standard InChI is InChI=1S/C23H29FN2O3/c1-3-4-15-25-23(28)18(2)26(16-14-19-10-6-5-7-11-19)22(27)17-29-21-13-9-8-12-20(21)24/h5-13,18H,3-4,14-17H2,1-2H3,(H,25,28). The zero-order valence-electron chi connectivity index (χ0n) is 17.1. The van der Waals surface area contributed by atoms with Crippen LogP contribution >= 0.6 is 0 Å². The van der Waals surface area contributed by atoms with Crippen molar-refractivity contribution in [3.63, 3.8) is 0 Å². The number of hydrogen-bond acceptors (Lipinski definition) is 3. The number of rotatable bonds is 11. The molecule has 0 bridgehead atoms. The van der Waals surface area contributed by atoms with E-state index in [-0.39, 0.29) is 24.2 Å². The Morgan fingerprint density at radius 2 is 1.79 bits per heavy atom. The molecule has 0 aliphatic rings. The van der Waals surface area contributed by atoms with Crippen LogP contribution in [-0.2, 0) is 16.0 Å². The normalized spacial score (nSPS) is 11.6. The molecule has 0 radical (unpaired) electrons. The molecule has 0 saturated heterocycles. The lowest BCUT2D eigenvalue weighted by Crippen LogP contribution is -2.50. The van der Waals surface area contributed by atoms with E-state index in [1.807, 2.05) is 37.3 Å². The van der Waals surface area contributed by atoms with E-state index in [0.29, 0.717) is 19.5 Å². The first-order valence-electron chi connectivity index (χ1n) is 10.0. The Kier molecular flexibility index (Phi) is 9.15. The summed E-state index contributed by atoms with van der Waals surface area (Å²) in [7, 11) is 0. The van der Waals surface area contributed by atoms with Crippen molar-refractivity contribution in [2.45, 2.75) is 39.2 Å². The number of amides is 2. The monoisotopic (exact) mass is 400 g/mol. The molecular weight excluding hydrogens is 371 g/mol. The molecule has 0 spiro atoms. The van der Waals surface area contributed by atoms with Crippen LogP contribution in [0, 0.1) is 5.82 Å². The van der Waals surface area contributed by atoms with Crippen molar-refractivity contribution in [1.82, 2.24) is 10.2 Å². The zero-order chi connectivity index (χ0) is 21.1. The molecule has 0 heterocycles. The van der Waals surface area contributed by atoms with Gasteiger partial charge in [0.25, 0.3) is 5.91 Å². The smallest absolute Gasteiger partial charge is 0.261 e. The average molecular weight is 400 g/mol. The Bertz CT molecular complexity index is 783. The number of unbranched alkanes of at least 4 members (excludes halogenated alkanes) is 1. The molecule has 156 valence electrons. The number of carbonyl (C=O) groups is 2. The van der Waals surface area contributed by atoms with E-state index in [9.17, 15) is 14.0 Å². The number of hydrogen-bond donors (Lipinski definition) is 1. The summed E-state index contributed by atoms with van der Waals surface area (Å²) in [6, 6.07) is 15.0. The maximum Gasteiger partial charge on any atom is 0.261 e. The number of para-hydroxylation sites is 1. The second-order valence-corrected chi connectivity index (χ2v) is 6.86. The highest BCUT2D eigenvalue weighted by Crippen LogP contribution is 2.16. The van der Waals surface area contributed by atoms with Crippen LogP contribution in [0.3, 0.4) is 0 Å². The fourth-order valence-electron chi connectivity index (χ4n) is 2.89. The van der Waals surface area contributed by atoms with E-state index >= 15 is 0 Å². The van der Waals surface area contributed by atoms with Gasteiger partial charge >= 0.3 is 0 Å². The molecule has 2 amide bonds. The average Bonchev–Trinajstić information content (AvgIpc) is 2.74. The minimum Gasteiger partial charge on any atom is -0.481 e. The van der Waals surface area contributed by atoms with Gasteiger partial charge in [-0.1, -0.05) is 55.8 Å². The van der Waals surface area contributed by atoms with Gasteiger partial charge in [0.15, 0.2) is 18.2 Å². The third-order valence-electron chi connectivity index (χ3n) is 4.67. The quantitative estimate of drug-likeness (QED) is 0.587. The Hall–Kier alpha value is -2.89. The lowest BCUT2D eigenvalue weighted by atomic mass is 10.1. The number of halogens is 1. The summed E-state index contributed by atoms with van der Waals surface area (Å²) in [5, 5.41) is 2.87. The van der Waals surface area contributed by atoms with Crippen LogP contribution in [0.2, 0.25) is 0 Å². The third kappa shape index (κ3) is 7.22. The second kappa shape index (κ2) is 11.8. The first kappa shape index (κ1) is 22.4. The molecule has 2 aromatic rings. The van der Waals surface area contributed by atoms with Gasteiger partial charge in [-0.2, -0.15) is 0 Å². The minimum atomic E-state index is -0.646. The summed E-state index contributed by atoms with van der Waals surface area (Å²) in [4.78, 5) is 26.8. The summed E-state index contributed by atoms with van der Waals surface area (Å²) < 4.78 is 19.1. The van der Waals surface area contributed by atoms with E-state index in [1.54, 1.807) is 19.1 Å². The molecule has 29 heavy (non-hydrogen) atoms. The van der Waals surface area contributed by atoms with Crippen molar-refractivity contribution in [1.29, 1.82) is 0 Å². The van der Waals surface area contributed by atoms with Crippen LogP contribution < -0.4 is 10.1 Å². The number of carbonyl (C=O) groups excluding carboxylic acids is 2. The van der Waals surface area contributed by atoms with Gasteiger partial charge in [-0.05, 0) is 37.5 Å². The Balaban J connectivity index is 2.04. The molecule has 0 aromatic heterocycles. The molecule has 1 atom stereocenters. The summed E-state index contributed by atoms with van der Waals surface area (Å²) >= 11 is 0. The van der Waals surface area contributed by atoms with Gasteiger partial charge in [0.05, 0.1) is 0 Å². The van der Waals surface area contributed by atoms with E-state index in [1.165, 1.54) is 17.0 Å². The predicted molar refractivity (Wildman–Crippen MR) is 111 cm³/mol. The fourth-order valence-corrected chi connectivity index (χ4v) is 2.89. The van der Waals surface area contributed by atoms with Crippen molar-refractivity contribution in [2.75, 3.05) is 19.7 Å². The minimum absolute atomic E-state index is 0.0175. The van der Waals surface area contributed by atoms with E-state index in [0.717, 1.165) is 18.4 Å². The lowest BCUT2D eigenvalue weighted by molar-refractivity contribution is -0.141. The van der Waals surface area contributed by atoms with Crippen LogP contribution in [0.25, 0.3) is 0 Å². The molecule has 1 N–H and O–H groups in total. The summed E-state index contributed by atoms with van der Waals surface area (Å²) in [5.41, 5.74) is 1.07. The van der Waals surface area contributed by atoms with E-state index < -0.39 is 11.9 Å². The number of nitrogens with one attached hydrogen (secondary N) is 1. The van der Waals surface area contributed by atoms with Crippen LogP contribution in [0.1, 0.15) is 32.3 Å². The Morgan fingerprint density at radius 3 is 2.48 bits per heavy atom. The maximum atomic E-state index is 13.8. The molecule has 0 fully saturated rings. The van der Waals surface area contributed by atoms with Gasteiger partial charge in [-0.3, -0.25) is 9.59 Å². The first-order valence-corrected chi connectivity index (χ1v) is 10.0. The predicted octanol–water partition coefficient (Wildman–Crippen LogP) is 3.58. The molecular formula is C23H29FN2O3. The summed E-state index contributed by atoms with van der Waals surface area (Å²) in [6.07, 6.45) is 2.47.